The first-order valence-corrected chi connectivity index (χ1v) is 6.98. The van der Waals surface area contributed by atoms with Crippen LogP contribution in [-0.2, 0) is 14.3 Å². The predicted octanol–water partition coefficient (Wildman–Crippen LogP) is 2.94. The van der Waals surface area contributed by atoms with E-state index in [2.05, 4.69) is 12.2 Å². The molecule has 0 unspecified atom stereocenters. The van der Waals surface area contributed by atoms with E-state index in [0.29, 0.717) is 6.42 Å². The molecule has 0 aromatic rings. The van der Waals surface area contributed by atoms with Crippen LogP contribution in [0, 0.1) is 0 Å². The summed E-state index contributed by atoms with van der Waals surface area (Å²) in [5.41, 5.74) is 1.95. The van der Waals surface area contributed by atoms with Gasteiger partial charge in [-0.25, -0.2) is 9.59 Å². The molecule has 0 fully saturated rings. The molecule has 1 aliphatic carbocycles. The zero-order chi connectivity index (χ0) is 15.3. The maximum atomic E-state index is 11.8. The molecule has 0 aromatic carbocycles. The van der Waals surface area contributed by atoms with E-state index in [0.717, 1.165) is 19.3 Å². The van der Waals surface area contributed by atoms with Gasteiger partial charge in [0.05, 0.1) is 7.11 Å². The van der Waals surface area contributed by atoms with Crippen LogP contribution in [0.2, 0.25) is 0 Å². The van der Waals surface area contributed by atoms with Gasteiger partial charge in [-0.05, 0) is 53.4 Å². The molecule has 114 valence electrons. The van der Waals surface area contributed by atoms with Crippen molar-refractivity contribution < 1.29 is 19.1 Å². The van der Waals surface area contributed by atoms with Gasteiger partial charge in [-0.1, -0.05) is 11.1 Å². The molecule has 1 N–H and O–H groups in total. The van der Waals surface area contributed by atoms with Gasteiger partial charge in [-0.3, -0.25) is 0 Å². The van der Waals surface area contributed by atoms with Crippen molar-refractivity contribution in [2.45, 2.75) is 65.0 Å². The summed E-state index contributed by atoms with van der Waals surface area (Å²) < 4.78 is 9.94. The van der Waals surface area contributed by atoms with Crippen LogP contribution >= 0.6 is 0 Å². The highest BCUT2D eigenvalue weighted by Crippen LogP contribution is 2.29. The smallest absolute Gasteiger partial charge is 0.408 e. The Morgan fingerprint density at radius 1 is 1.30 bits per heavy atom. The second-order valence-corrected chi connectivity index (χ2v) is 6.16. The van der Waals surface area contributed by atoms with Crippen LogP contribution in [0.4, 0.5) is 4.79 Å². The van der Waals surface area contributed by atoms with Gasteiger partial charge in [0.2, 0.25) is 0 Å². The second kappa shape index (κ2) is 6.77. The number of alkyl carbamates (subject to hydrolysis) is 1. The van der Waals surface area contributed by atoms with E-state index >= 15 is 0 Å². The van der Waals surface area contributed by atoms with Gasteiger partial charge in [0.15, 0.2) is 0 Å². The van der Waals surface area contributed by atoms with Crippen molar-refractivity contribution in [3.8, 4) is 0 Å². The monoisotopic (exact) mass is 283 g/mol. The Bertz CT molecular complexity index is 407. The minimum Gasteiger partial charge on any atom is -0.467 e. The molecule has 0 aromatic heterocycles. The first kappa shape index (κ1) is 16.5. The molecule has 1 atom stereocenters. The van der Waals surface area contributed by atoms with E-state index in [1.165, 1.54) is 18.3 Å². The van der Waals surface area contributed by atoms with Crippen molar-refractivity contribution in [2.24, 2.45) is 0 Å². The van der Waals surface area contributed by atoms with Gasteiger partial charge in [-0.15, -0.1) is 0 Å². The first-order chi connectivity index (χ1) is 9.23. The fraction of sp³-hybridized carbons (Fsp3) is 0.733. The van der Waals surface area contributed by atoms with Gasteiger partial charge in [-0.2, -0.15) is 0 Å². The summed E-state index contributed by atoms with van der Waals surface area (Å²) in [5.74, 6) is -0.442. The molecule has 0 bridgehead atoms. The van der Waals surface area contributed by atoms with E-state index < -0.39 is 23.7 Å². The van der Waals surface area contributed by atoms with Gasteiger partial charge >= 0.3 is 12.1 Å². The first-order valence-electron chi connectivity index (χ1n) is 6.98. The van der Waals surface area contributed by atoms with Crippen LogP contribution in [0.15, 0.2) is 11.1 Å². The molecule has 20 heavy (non-hydrogen) atoms. The van der Waals surface area contributed by atoms with Crippen molar-refractivity contribution in [2.75, 3.05) is 7.11 Å². The fourth-order valence-corrected chi connectivity index (χ4v) is 2.27. The molecule has 0 saturated heterocycles. The molecule has 0 aliphatic heterocycles. The quantitative estimate of drug-likeness (QED) is 0.636. The number of methoxy groups -OCH3 is 1. The number of ether oxygens (including phenoxy) is 2. The Balaban J connectivity index is 2.68. The summed E-state index contributed by atoms with van der Waals surface area (Å²) in [4.78, 5) is 23.6. The van der Waals surface area contributed by atoms with Gasteiger partial charge in [0.1, 0.15) is 11.6 Å². The number of nitrogens with one attached hydrogen (secondary N) is 1. The zero-order valence-corrected chi connectivity index (χ0v) is 13.0. The van der Waals surface area contributed by atoms with Crippen LogP contribution in [-0.4, -0.2) is 30.8 Å². The standard InChI is InChI=1S/C15H25NO4/c1-10-7-6-8-11(10)9-12(13(17)19-5)16-14(18)20-15(2,3)4/h12H,6-9H2,1-5H3,(H,16,18)/t12-/m0/s1. The van der Waals surface area contributed by atoms with Gasteiger partial charge in [0, 0.05) is 0 Å². The lowest BCUT2D eigenvalue weighted by molar-refractivity contribution is -0.143. The van der Waals surface area contributed by atoms with Crippen molar-refractivity contribution in [3.63, 3.8) is 0 Å². The molecule has 0 spiro atoms. The molecule has 0 radical (unpaired) electrons. The maximum absolute atomic E-state index is 11.8. The summed E-state index contributed by atoms with van der Waals surface area (Å²) in [6, 6.07) is -0.683. The number of hydrogen-bond donors (Lipinski definition) is 1. The average Bonchev–Trinajstić information content (AvgIpc) is 2.70. The summed E-state index contributed by atoms with van der Waals surface area (Å²) >= 11 is 0. The largest absolute Gasteiger partial charge is 0.467 e. The van der Waals surface area contributed by atoms with E-state index in [1.807, 2.05) is 0 Å². The second-order valence-electron chi connectivity index (χ2n) is 6.16. The Hall–Kier alpha value is -1.52. The highest BCUT2D eigenvalue weighted by molar-refractivity contribution is 5.81. The van der Waals surface area contributed by atoms with Crippen LogP contribution in [0.25, 0.3) is 0 Å². The zero-order valence-electron chi connectivity index (χ0n) is 13.0. The number of amides is 1. The lowest BCUT2D eigenvalue weighted by atomic mass is 10.0. The molecular formula is C15H25NO4. The SMILES string of the molecule is COC(=O)[C@H](CC1=C(C)CCC1)NC(=O)OC(C)(C)C. The Kier molecular flexibility index (Phi) is 5.60. The number of rotatable bonds is 4. The highest BCUT2D eigenvalue weighted by atomic mass is 16.6. The summed E-state index contributed by atoms with van der Waals surface area (Å²) in [6.45, 7) is 7.42. The number of carbonyl (C=O) groups is 2. The Morgan fingerprint density at radius 3 is 2.40 bits per heavy atom. The minimum atomic E-state index is -0.683. The average molecular weight is 283 g/mol. The number of hydrogen-bond acceptors (Lipinski definition) is 4. The molecule has 1 rings (SSSR count). The summed E-state index contributed by atoms with van der Waals surface area (Å²) in [7, 11) is 1.32. The van der Waals surface area contributed by atoms with Crippen LogP contribution in [0.1, 0.15) is 53.4 Å². The predicted molar refractivity (Wildman–Crippen MR) is 76.3 cm³/mol. The van der Waals surface area contributed by atoms with Crippen LogP contribution < -0.4 is 5.32 Å². The Morgan fingerprint density at radius 2 is 1.95 bits per heavy atom. The third-order valence-electron chi connectivity index (χ3n) is 3.26. The summed E-state index contributed by atoms with van der Waals surface area (Å²) in [5, 5.41) is 2.60. The van der Waals surface area contributed by atoms with Crippen molar-refractivity contribution in [1.82, 2.24) is 5.32 Å². The molecule has 1 amide bonds. The number of allylic oxidation sites excluding steroid dienone is 1. The van der Waals surface area contributed by atoms with Gasteiger partial charge < -0.3 is 14.8 Å². The lowest BCUT2D eigenvalue weighted by Gasteiger charge is -2.23. The fourth-order valence-electron chi connectivity index (χ4n) is 2.27. The normalized spacial score (nSPS) is 16.9. The molecule has 1 aliphatic rings. The third-order valence-corrected chi connectivity index (χ3v) is 3.26. The van der Waals surface area contributed by atoms with Crippen LogP contribution in [0.5, 0.6) is 0 Å². The molecular weight excluding hydrogens is 258 g/mol. The van der Waals surface area contributed by atoms with E-state index in [-0.39, 0.29) is 0 Å². The van der Waals surface area contributed by atoms with Crippen LogP contribution in [0.3, 0.4) is 0 Å². The van der Waals surface area contributed by atoms with Crippen molar-refractivity contribution >= 4 is 12.1 Å². The number of carbonyl (C=O) groups excluding carboxylic acids is 2. The lowest BCUT2D eigenvalue weighted by Crippen LogP contribution is -2.44. The summed E-state index contributed by atoms with van der Waals surface area (Å²) in [6.07, 6.45) is 3.06. The maximum Gasteiger partial charge on any atom is 0.408 e. The molecule has 0 heterocycles. The molecule has 5 heteroatoms. The number of esters is 1. The minimum absolute atomic E-state index is 0.442. The van der Waals surface area contributed by atoms with Crippen molar-refractivity contribution in [1.29, 1.82) is 0 Å². The Labute approximate surface area is 120 Å². The van der Waals surface area contributed by atoms with E-state index in [9.17, 15) is 9.59 Å². The van der Waals surface area contributed by atoms with Crippen molar-refractivity contribution in [3.05, 3.63) is 11.1 Å². The molecule has 5 nitrogen and oxygen atoms in total. The third kappa shape index (κ3) is 5.23. The topological polar surface area (TPSA) is 64.6 Å². The van der Waals surface area contributed by atoms with E-state index in [4.69, 9.17) is 9.47 Å². The van der Waals surface area contributed by atoms with E-state index in [1.54, 1.807) is 20.8 Å². The van der Waals surface area contributed by atoms with Gasteiger partial charge in [0.25, 0.3) is 0 Å². The highest BCUT2D eigenvalue weighted by Gasteiger charge is 2.27. The molecule has 0 saturated carbocycles.